The second-order valence-electron chi connectivity index (χ2n) is 7.08. The number of nitrogens with one attached hydrogen (secondary N) is 1. The molecule has 1 N–H and O–H groups in total. The van der Waals surface area contributed by atoms with Crippen LogP contribution in [0.15, 0.2) is 30.3 Å². The SMILES string of the molecule is COC(=O)[C@@H]1CCC[C@H](NC(=O)c2ccc(-c3ccc4c(c3)OCCO4)s2)C1. The maximum Gasteiger partial charge on any atom is 0.308 e. The lowest BCUT2D eigenvalue weighted by molar-refractivity contribution is -0.146. The fourth-order valence-corrected chi connectivity index (χ4v) is 4.68. The molecule has 1 amide bonds. The van der Waals surface area contributed by atoms with Gasteiger partial charge in [0.25, 0.3) is 5.91 Å². The zero-order valence-corrected chi connectivity index (χ0v) is 16.6. The maximum absolute atomic E-state index is 12.7. The van der Waals surface area contributed by atoms with Crippen molar-refractivity contribution in [3.05, 3.63) is 35.2 Å². The number of hydrogen-bond donors (Lipinski definition) is 1. The minimum atomic E-state index is -0.184. The van der Waals surface area contributed by atoms with Crippen LogP contribution >= 0.6 is 11.3 Å². The van der Waals surface area contributed by atoms with E-state index in [2.05, 4.69) is 5.32 Å². The molecule has 0 radical (unpaired) electrons. The molecule has 2 aliphatic rings. The molecule has 7 heteroatoms. The molecule has 1 saturated carbocycles. The summed E-state index contributed by atoms with van der Waals surface area (Å²) in [6.07, 6.45) is 3.27. The molecule has 1 aliphatic carbocycles. The number of carbonyl (C=O) groups excluding carboxylic acids is 2. The van der Waals surface area contributed by atoms with Crippen molar-refractivity contribution >= 4 is 23.2 Å². The number of ether oxygens (including phenoxy) is 3. The predicted octanol–water partition coefficient (Wildman–Crippen LogP) is 3.65. The molecule has 4 rings (SSSR count). The van der Waals surface area contributed by atoms with Crippen molar-refractivity contribution in [2.45, 2.75) is 31.7 Å². The third kappa shape index (κ3) is 3.99. The van der Waals surface area contributed by atoms with Crippen LogP contribution in [0.3, 0.4) is 0 Å². The predicted molar refractivity (Wildman–Crippen MR) is 106 cm³/mol. The number of fused-ring (bicyclic) bond motifs is 1. The van der Waals surface area contributed by atoms with E-state index in [-0.39, 0.29) is 23.8 Å². The highest BCUT2D eigenvalue weighted by molar-refractivity contribution is 7.17. The number of esters is 1. The lowest BCUT2D eigenvalue weighted by Gasteiger charge is -2.27. The van der Waals surface area contributed by atoms with Crippen LogP contribution in [0.5, 0.6) is 11.5 Å². The average molecular weight is 401 g/mol. The first kappa shape index (κ1) is 18.8. The molecular weight excluding hydrogens is 378 g/mol. The summed E-state index contributed by atoms with van der Waals surface area (Å²) in [6, 6.07) is 9.62. The minimum Gasteiger partial charge on any atom is -0.486 e. The minimum absolute atomic E-state index is 0.00481. The molecule has 2 heterocycles. The van der Waals surface area contributed by atoms with Gasteiger partial charge in [0, 0.05) is 10.9 Å². The molecule has 1 aromatic heterocycles. The molecule has 2 aromatic rings. The fourth-order valence-electron chi connectivity index (χ4n) is 3.77. The number of hydrogen-bond acceptors (Lipinski definition) is 6. The number of rotatable bonds is 4. The van der Waals surface area contributed by atoms with Gasteiger partial charge in [0.05, 0.1) is 17.9 Å². The van der Waals surface area contributed by atoms with Gasteiger partial charge in [-0.25, -0.2) is 0 Å². The number of thiophene rings is 1. The van der Waals surface area contributed by atoms with Crippen molar-refractivity contribution in [2.24, 2.45) is 5.92 Å². The van der Waals surface area contributed by atoms with Gasteiger partial charge >= 0.3 is 5.97 Å². The molecule has 0 unspecified atom stereocenters. The largest absolute Gasteiger partial charge is 0.486 e. The van der Waals surface area contributed by atoms with Crippen molar-refractivity contribution in [2.75, 3.05) is 20.3 Å². The molecular formula is C21H23NO5S. The molecule has 2 atom stereocenters. The standard InChI is InChI=1S/C21H23NO5S/c1-25-21(24)14-3-2-4-15(11-14)22-20(23)19-8-7-18(28-19)13-5-6-16-17(12-13)27-10-9-26-16/h5-8,12,14-15H,2-4,9-11H2,1H3,(H,22,23)/t14-,15+/m1/s1. The third-order valence-corrected chi connectivity index (χ3v) is 6.33. The molecule has 0 saturated heterocycles. The van der Waals surface area contributed by atoms with E-state index >= 15 is 0 Å². The van der Waals surface area contributed by atoms with E-state index in [0.717, 1.165) is 41.2 Å². The van der Waals surface area contributed by atoms with Crippen molar-refractivity contribution in [3.8, 4) is 21.9 Å². The summed E-state index contributed by atoms with van der Waals surface area (Å²) < 4.78 is 16.0. The maximum atomic E-state index is 12.7. The second kappa shape index (κ2) is 8.22. The molecule has 28 heavy (non-hydrogen) atoms. The van der Waals surface area contributed by atoms with Gasteiger partial charge in [-0.3, -0.25) is 9.59 Å². The van der Waals surface area contributed by atoms with Crippen LogP contribution in [0.25, 0.3) is 10.4 Å². The normalized spacial score (nSPS) is 21.0. The van der Waals surface area contributed by atoms with Crippen LogP contribution in [0, 0.1) is 5.92 Å². The monoisotopic (exact) mass is 401 g/mol. The Morgan fingerprint density at radius 3 is 2.75 bits per heavy atom. The number of carbonyl (C=O) groups is 2. The number of benzene rings is 1. The molecule has 0 spiro atoms. The Bertz CT molecular complexity index is 877. The summed E-state index contributed by atoms with van der Waals surface area (Å²) >= 11 is 1.44. The highest BCUT2D eigenvalue weighted by Gasteiger charge is 2.29. The van der Waals surface area contributed by atoms with Gasteiger partial charge in [0.2, 0.25) is 0 Å². The van der Waals surface area contributed by atoms with E-state index < -0.39 is 0 Å². The average Bonchev–Trinajstić information content (AvgIpc) is 3.23. The van der Waals surface area contributed by atoms with E-state index in [4.69, 9.17) is 14.2 Å². The Hall–Kier alpha value is -2.54. The molecule has 1 aliphatic heterocycles. The Labute approximate surface area is 167 Å². The van der Waals surface area contributed by atoms with Gasteiger partial charge in [-0.05, 0) is 55.2 Å². The first-order valence-electron chi connectivity index (χ1n) is 9.52. The summed E-state index contributed by atoms with van der Waals surface area (Å²) in [7, 11) is 1.41. The quantitative estimate of drug-likeness (QED) is 0.792. The lowest BCUT2D eigenvalue weighted by atomic mass is 9.85. The smallest absolute Gasteiger partial charge is 0.308 e. The summed E-state index contributed by atoms with van der Waals surface area (Å²) in [5, 5.41) is 3.08. The Morgan fingerprint density at radius 2 is 1.93 bits per heavy atom. The Kier molecular flexibility index (Phi) is 5.52. The van der Waals surface area contributed by atoms with E-state index in [1.807, 2.05) is 30.3 Å². The topological polar surface area (TPSA) is 73.9 Å². The third-order valence-electron chi connectivity index (χ3n) is 5.20. The van der Waals surface area contributed by atoms with Gasteiger partial charge < -0.3 is 19.5 Å². The van der Waals surface area contributed by atoms with Crippen molar-refractivity contribution in [1.29, 1.82) is 0 Å². The van der Waals surface area contributed by atoms with Crippen LogP contribution in [0.2, 0.25) is 0 Å². The van der Waals surface area contributed by atoms with Crippen molar-refractivity contribution in [3.63, 3.8) is 0 Å². The first-order chi connectivity index (χ1) is 13.6. The zero-order valence-electron chi connectivity index (χ0n) is 15.7. The number of methoxy groups -OCH3 is 1. The summed E-state index contributed by atoms with van der Waals surface area (Å²) in [5.41, 5.74) is 0.997. The summed E-state index contributed by atoms with van der Waals surface area (Å²) in [4.78, 5) is 26.1. The van der Waals surface area contributed by atoms with Crippen LogP contribution in [-0.4, -0.2) is 38.2 Å². The number of amides is 1. The Balaban J connectivity index is 1.42. The van der Waals surface area contributed by atoms with Crippen LogP contribution < -0.4 is 14.8 Å². The van der Waals surface area contributed by atoms with Gasteiger partial charge in [-0.2, -0.15) is 0 Å². The van der Waals surface area contributed by atoms with Gasteiger partial charge in [0.1, 0.15) is 13.2 Å². The van der Waals surface area contributed by atoms with Gasteiger partial charge in [-0.1, -0.05) is 6.42 Å². The lowest BCUT2D eigenvalue weighted by Crippen LogP contribution is -2.39. The molecule has 0 bridgehead atoms. The molecule has 148 valence electrons. The van der Waals surface area contributed by atoms with E-state index in [1.54, 1.807) is 0 Å². The van der Waals surface area contributed by atoms with E-state index in [9.17, 15) is 9.59 Å². The highest BCUT2D eigenvalue weighted by Crippen LogP contribution is 2.37. The molecule has 1 fully saturated rings. The van der Waals surface area contributed by atoms with Crippen LogP contribution in [-0.2, 0) is 9.53 Å². The Morgan fingerprint density at radius 1 is 1.11 bits per heavy atom. The van der Waals surface area contributed by atoms with Crippen LogP contribution in [0.1, 0.15) is 35.4 Å². The highest BCUT2D eigenvalue weighted by atomic mass is 32.1. The zero-order chi connectivity index (χ0) is 19.5. The van der Waals surface area contributed by atoms with Crippen LogP contribution in [0.4, 0.5) is 0 Å². The van der Waals surface area contributed by atoms with Crippen molar-refractivity contribution in [1.82, 2.24) is 5.32 Å². The second-order valence-corrected chi connectivity index (χ2v) is 8.16. The summed E-state index contributed by atoms with van der Waals surface area (Å²) in [5.74, 6) is 1.09. The first-order valence-corrected chi connectivity index (χ1v) is 10.3. The van der Waals surface area contributed by atoms with Crippen molar-refractivity contribution < 1.29 is 23.8 Å². The molecule has 1 aromatic carbocycles. The van der Waals surface area contributed by atoms with E-state index in [0.29, 0.717) is 24.5 Å². The summed E-state index contributed by atoms with van der Waals surface area (Å²) in [6.45, 7) is 1.11. The van der Waals surface area contributed by atoms with Gasteiger partial charge in [0.15, 0.2) is 11.5 Å². The van der Waals surface area contributed by atoms with Gasteiger partial charge in [-0.15, -0.1) is 11.3 Å². The fraction of sp³-hybridized carbons (Fsp3) is 0.429. The molecule has 6 nitrogen and oxygen atoms in total. The van der Waals surface area contributed by atoms with E-state index in [1.165, 1.54) is 18.4 Å².